The van der Waals surface area contributed by atoms with E-state index < -0.39 is 5.54 Å². The van der Waals surface area contributed by atoms with Gasteiger partial charge in [-0.3, -0.25) is 9.69 Å². The molecule has 2 saturated heterocycles. The van der Waals surface area contributed by atoms with Crippen molar-refractivity contribution in [2.75, 3.05) is 39.5 Å². The number of ether oxygens (including phenoxy) is 3. The fraction of sp³-hybridized carbons (Fsp3) is 0.364. The molecule has 0 saturated carbocycles. The summed E-state index contributed by atoms with van der Waals surface area (Å²) in [5, 5.41) is 0. The first-order valence-electron chi connectivity index (χ1n) is 9.83. The van der Waals surface area contributed by atoms with Crippen LogP contribution in [0.3, 0.4) is 0 Å². The van der Waals surface area contributed by atoms with E-state index in [0.29, 0.717) is 56.3 Å². The number of fused-ring (bicyclic) bond motifs is 2. The summed E-state index contributed by atoms with van der Waals surface area (Å²) in [6, 6.07) is 15.4. The molecular weight excluding hydrogens is 372 g/mol. The molecule has 150 valence electrons. The van der Waals surface area contributed by atoms with Gasteiger partial charge in [-0.2, -0.15) is 0 Å². The van der Waals surface area contributed by atoms with E-state index in [4.69, 9.17) is 14.2 Å². The molecule has 3 aliphatic rings. The fourth-order valence-corrected chi connectivity index (χ4v) is 4.42. The summed E-state index contributed by atoms with van der Waals surface area (Å²) in [6.07, 6.45) is 0.331. The highest BCUT2D eigenvalue weighted by Crippen LogP contribution is 2.37. The highest BCUT2D eigenvalue weighted by Gasteiger charge is 2.51. The Labute approximate surface area is 168 Å². The van der Waals surface area contributed by atoms with Crippen molar-refractivity contribution in [1.82, 2.24) is 9.80 Å². The molecular formula is C22H22N2O5. The number of amides is 2. The lowest BCUT2D eigenvalue weighted by Crippen LogP contribution is -2.63. The maximum Gasteiger partial charge on any atom is 0.410 e. The lowest BCUT2D eigenvalue weighted by molar-refractivity contribution is 0.0369. The molecule has 0 N–H and O–H groups in total. The van der Waals surface area contributed by atoms with Gasteiger partial charge < -0.3 is 19.1 Å². The average molecular weight is 394 g/mol. The van der Waals surface area contributed by atoms with Gasteiger partial charge in [0.1, 0.15) is 25.4 Å². The second-order valence-corrected chi connectivity index (χ2v) is 7.65. The molecule has 1 atom stereocenters. The van der Waals surface area contributed by atoms with Gasteiger partial charge in [0.2, 0.25) is 0 Å². The number of hydrogen-bond donors (Lipinski definition) is 0. The van der Waals surface area contributed by atoms with Crippen molar-refractivity contribution in [1.29, 1.82) is 0 Å². The van der Waals surface area contributed by atoms with Gasteiger partial charge in [-0.15, -0.1) is 0 Å². The van der Waals surface area contributed by atoms with Gasteiger partial charge in [-0.25, -0.2) is 4.79 Å². The fourth-order valence-electron chi connectivity index (χ4n) is 4.42. The van der Waals surface area contributed by atoms with Crippen molar-refractivity contribution in [2.24, 2.45) is 0 Å². The Morgan fingerprint density at radius 2 is 1.79 bits per heavy atom. The molecule has 5 rings (SSSR count). The molecule has 2 fully saturated rings. The smallest absolute Gasteiger partial charge is 0.410 e. The lowest BCUT2D eigenvalue weighted by Gasteiger charge is -2.45. The predicted octanol–water partition coefficient (Wildman–Crippen LogP) is 2.35. The van der Waals surface area contributed by atoms with Gasteiger partial charge in [0.15, 0.2) is 11.5 Å². The van der Waals surface area contributed by atoms with Gasteiger partial charge >= 0.3 is 6.09 Å². The van der Waals surface area contributed by atoms with E-state index >= 15 is 0 Å². The van der Waals surface area contributed by atoms with Crippen LogP contribution in [0.25, 0.3) is 0 Å². The molecule has 2 amide bonds. The summed E-state index contributed by atoms with van der Waals surface area (Å²) < 4.78 is 16.7. The van der Waals surface area contributed by atoms with Crippen molar-refractivity contribution >= 4 is 12.0 Å². The Kier molecular flexibility index (Phi) is 4.30. The second kappa shape index (κ2) is 6.99. The normalized spacial score (nSPS) is 22.8. The Morgan fingerprint density at radius 3 is 2.66 bits per heavy atom. The highest BCUT2D eigenvalue weighted by molar-refractivity contribution is 5.98. The summed E-state index contributed by atoms with van der Waals surface area (Å²) >= 11 is 0. The minimum atomic E-state index is -0.557. The van der Waals surface area contributed by atoms with Crippen molar-refractivity contribution in [2.45, 2.75) is 12.0 Å². The number of hydrogen-bond acceptors (Lipinski definition) is 5. The molecule has 0 aromatic heterocycles. The standard InChI is InChI=1S/C22H22N2O5/c25-20(17-7-4-8-18-19(17)28-12-11-27-18)23-9-10-24-21(26)29-15-22(24,14-23)13-16-5-2-1-3-6-16/h1-8H,9-15H2. The first kappa shape index (κ1) is 17.8. The first-order chi connectivity index (χ1) is 14.2. The van der Waals surface area contributed by atoms with E-state index in [0.717, 1.165) is 5.56 Å². The number of piperazine rings is 1. The van der Waals surface area contributed by atoms with E-state index in [9.17, 15) is 9.59 Å². The molecule has 3 aliphatic heterocycles. The van der Waals surface area contributed by atoms with E-state index in [2.05, 4.69) is 0 Å². The monoisotopic (exact) mass is 394 g/mol. The zero-order valence-corrected chi connectivity index (χ0v) is 16.0. The summed E-state index contributed by atoms with van der Waals surface area (Å²) in [6.45, 7) is 2.49. The zero-order valence-electron chi connectivity index (χ0n) is 16.0. The predicted molar refractivity (Wildman–Crippen MR) is 104 cm³/mol. The van der Waals surface area contributed by atoms with E-state index in [1.54, 1.807) is 21.9 Å². The van der Waals surface area contributed by atoms with Gasteiger partial charge in [0.05, 0.1) is 5.56 Å². The molecule has 3 heterocycles. The highest BCUT2D eigenvalue weighted by atomic mass is 16.6. The molecule has 29 heavy (non-hydrogen) atoms. The first-order valence-corrected chi connectivity index (χ1v) is 9.83. The number of carbonyl (C=O) groups is 2. The Morgan fingerprint density at radius 1 is 0.966 bits per heavy atom. The average Bonchev–Trinajstić information content (AvgIpc) is 3.09. The molecule has 1 unspecified atom stereocenters. The van der Waals surface area contributed by atoms with Crippen LogP contribution in [0.1, 0.15) is 15.9 Å². The van der Waals surface area contributed by atoms with Crippen LogP contribution in [0.4, 0.5) is 4.79 Å². The van der Waals surface area contributed by atoms with Crippen molar-refractivity contribution in [3.8, 4) is 11.5 Å². The largest absolute Gasteiger partial charge is 0.486 e. The Balaban J connectivity index is 1.44. The maximum atomic E-state index is 13.4. The second-order valence-electron chi connectivity index (χ2n) is 7.65. The molecule has 7 heteroatoms. The van der Waals surface area contributed by atoms with Gasteiger partial charge in [0, 0.05) is 26.1 Å². The van der Waals surface area contributed by atoms with E-state index in [1.807, 2.05) is 36.4 Å². The lowest BCUT2D eigenvalue weighted by atomic mass is 9.88. The minimum absolute atomic E-state index is 0.112. The molecule has 0 radical (unpaired) electrons. The molecule has 0 aliphatic carbocycles. The SMILES string of the molecule is O=C(c1cccc2c1OCCO2)N1CCN2C(=O)OCC2(Cc2ccccc2)C1. The van der Waals surface area contributed by atoms with Crippen LogP contribution >= 0.6 is 0 Å². The minimum Gasteiger partial charge on any atom is -0.486 e. The molecule has 0 spiro atoms. The van der Waals surface area contributed by atoms with Crippen LogP contribution in [0.2, 0.25) is 0 Å². The van der Waals surface area contributed by atoms with E-state index in [-0.39, 0.29) is 18.6 Å². The van der Waals surface area contributed by atoms with Crippen LogP contribution in [0.15, 0.2) is 48.5 Å². The quantitative estimate of drug-likeness (QED) is 0.799. The summed E-state index contributed by atoms with van der Waals surface area (Å²) in [4.78, 5) is 29.3. The van der Waals surface area contributed by atoms with E-state index in [1.165, 1.54) is 0 Å². The van der Waals surface area contributed by atoms with Crippen molar-refractivity contribution in [3.63, 3.8) is 0 Å². The number of nitrogens with zero attached hydrogens (tertiary/aromatic N) is 2. The Bertz CT molecular complexity index is 947. The van der Waals surface area contributed by atoms with Crippen molar-refractivity contribution < 1.29 is 23.8 Å². The van der Waals surface area contributed by atoms with Crippen LogP contribution in [0.5, 0.6) is 11.5 Å². The number of carbonyl (C=O) groups excluding carboxylic acids is 2. The van der Waals surface area contributed by atoms with Crippen molar-refractivity contribution in [3.05, 3.63) is 59.7 Å². The summed E-state index contributed by atoms with van der Waals surface area (Å²) in [5.41, 5.74) is 1.05. The topological polar surface area (TPSA) is 68.3 Å². The van der Waals surface area contributed by atoms with Gasteiger partial charge in [-0.05, 0) is 17.7 Å². The number of benzene rings is 2. The van der Waals surface area contributed by atoms with Crippen LogP contribution in [0, 0.1) is 0 Å². The molecule has 2 aromatic carbocycles. The maximum absolute atomic E-state index is 13.4. The number of para-hydroxylation sites is 1. The van der Waals surface area contributed by atoms with Crippen LogP contribution in [-0.2, 0) is 11.2 Å². The third-order valence-electron chi connectivity index (χ3n) is 5.80. The molecule has 7 nitrogen and oxygen atoms in total. The summed E-state index contributed by atoms with van der Waals surface area (Å²) in [7, 11) is 0. The molecule has 2 aromatic rings. The third-order valence-corrected chi connectivity index (χ3v) is 5.80. The zero-order chi connectivity index (χ0) is 19.8. The molecule has 0 bridgehead atoms. The number of rotatable bonds is 3. The van der Waals surface area contributed by atoms with Crippen LogP contribution < -0.4 is 9.47 Å². The Hall–Kier alpha value is -3.22. The summed E-state index contributed by atoms with van der Waals surface area (Å²) in [5.74, 6) is 0.986. The van der Waals surface area contributed by atoms with Crippen LogP contribution in [-0.4, -0.2) is 66.8 Å². The van der Waals surface area contributed by atoms with Gasteiger partial charge in [0.25, 0.3) is 5.91 Å². The third kappa shape index (κ3) is 3.06. The van der Waals surface area contributed by atoms with Gasteiger partial charge in [-0.1, -0.05) is 36.4 Å². The number of cyclic esters (lactones) is 1.